The molecule has 1 unspecified atom stereocenters. The third-order valence-electron chi connectivity index (χ3n) is 2.74. The topological polar surface area (TPSA) is 61.0 Å². The number of hydrogen-bond acceptors (Lipinski definition) is 4. The van der Waals surface area contributed by atoms with Crippen LogP contribution >= 0.6 is 0 Å². The molecule has 1 heterocycles. The molecule has 0 saturated heterocycles. The van der Waals surface area contributed by atoms with E-state index in [9.17, 15) is 0 Å². The lowest BCUT2D eigenvalue weighted by molar-refractivity contribution is -0.00903. The first kappa shape index (κ1) is 12.1. The van der Waals surface area contributed by atoms with E-state index in [1.807, 2.05) is 19.3 Å². The van der Waals surface area contributed by atoms with E-state index in [1.165, 1.54) is 0 Å². The molecule has 4 heteroatoms. The Morgan fingerprint density at radius 2 is 2.00 bits per heavy atom. The van der Waals surface area contributed by atoms with E-state index >= 15 is 0 Å². The van der Waals surface area contributed by atoms with E-state index < -0.39 is 0 Å². The summed E-state index contributed by atoms with van der Waals surface area (Å²) in [6.45, 7) is 4.67. The molecule has 0 saturated carbocycles. The summed E-state index contributed by atoms with van der Waals surface area (Å²) in [5.74, 6) is 0.730. The molecule has 0 amide bonds. The first-order chi connectivity index (χ1) is 7.16. The predicted molar refractivity (Wildman–Crippen MR) is 59.4 cm³/mol. The average Bonchev–Trinajstić information content (AvgIpc) is 2.29. The van der Waals surface area contributed by atoms with Crippen molar-refractivity contribution >= 4 is 0 Å². The summed E-state index contributed by atoms with van der Waals surface area (Å²) in [5.41, 5.74) is 6.13. The molecule has 1 atom stereocenters. The average molecular weight is 209 g/mol. The first-order valence-corrected chi connectivity index (χ1v) is 5.23. The van der Waals surface area contributed by atoms with Crippen molar-refractivity contribution in [1.82, 2.24) is 9.97 Å². The maximum absolute atomic E-state index is 5.46. The van der Waals surface area contributed by atoms with Crippen LogP contribution in [0.1, 0.15) is 31.7 Å². The molecule has 1 aromatic heterocycles. The van der Waals surface area contributed by atoms with Gasteiger partial charge in [-0.25, -0.2) is 9.97 Å². The monoisotopic (exact) mass is 209 g/mol. The summed E-state index contributed by atoms with van der Waals surface area (Å²) in [7, 11) is 1.68. The van der Waals surface area contributed by atoms with Gasteiger partial charge in [-0.05, 0) is 31.9 Å². The Balaban J connectivity index is 2.87. The molecule has 0 aliphatic rings. The SMILES string of the molecule is CCC(C)(OC)c1ncc(CCN)cn1. The Morgan fingerprint density at radius 3 is 2.40 bits per heavy atom. The van der Waals surface area contributed by atoms with E-state index in [0.717, 1.165) is 24.2 Å². The van der Waals surface area contributed by atoms with Crippen LogP contribution in [0.25, 0.3) is 0 Å². The van der Waals surface area contributed by atoms with Crippen LogP contribution < -0.4 is 5.73 Å². The third-order valence-corrected chi connectivity index (χ3v) is 2.74. The number of methoxy groups -OCH3 is 1. The molecule has 0 aromatic carbocycles. The molecule has 0 spiro atoms. The van der Waals surface area contributed by atoms with Crippen LogP contribution in [0.2, 0.25) is 0 Å². The van der Waals surface area contributed by atoms with Crippen LogP contribution in [0.15, 0.2) is 12.4 Å². The molecule has 1 aromatic rings. The fourth-order valence-electron chi connectivity index (χ4n) is 1.32. The van der Waals surface area contributed by atoms with Gasteiger partial charge in [-0.3, -0.25) is 0 Å². The minimum absolute atomic E-state index is 0.388. The highest BCUT2D eigenvalue weighted by Gasteiger charge is 2.26. The zero-order valence-corrected chi connectivity index (χ0v) is 9.66. The highest BCUT2D eigenvalue weighted by atomic mass is 16.5. The standard InChI is InChI=1S/C11H19N3O/c1-4-11(2,15-3)10-13-7-9(5-6-12)8-14-10/h7-8H,4-6,12H2,1-3H3. The molecule has 0 aliphatic carbocycles. The minimum atomic E-state index is -0.388. The number of nitrogens with zero attached hydrogens (tertiary/aromatic N) is 2. The summed E-state index contributed by atoms with van der Waals surface area (Å²) in [5, 5.41) is 0. The van der Waals surface area contributed by atoms with Crippen LogP contribution in [-0.4, -0.2) is 23.6 Å². The largest absolute Gasteiger partial charge is 0.371 e. The Hall–Kier alpha value is -1.00. The molecule has 0 bridgehead atoms. The van der Waals surface area contributed by atoms with Crippen LogP contribution in [0.4, 0.5) is 0 Å². The Bertz CT molecular complexity index is 293. The second kappa shape index (κ2) is 5.19. The molecule has 0 fully saturated rings. The summed E-state index contributed by atoms with van der Waals surface area (Å²) in [4.78, 5) is 8.64. The van der Waals surface area contributed by atoms with Crippen molar-refractivity contribution in [2.24, 2.45) is 5.73 Å². The number of nitrogens with two attached hydrogens (primary N) is 1. The highest BCUT2D eigenvalue weighted by Crippen LogP contribution is 2.24. The molecule has 4 nitrogen and oxygen atoms in total. The first-order valence-electron chi connectivity index (χ1n) is 5.23. The van der Waals surface area contributed by atoms with Crippen LogP contribution in [0.5, 0.6) is 0 Å². The quantitative estimate of drug-likeness (QED) is 0.792. The van der Waals surface area contributed by atoms with Gasteiger partial charge in [0.1, 0.15) is 5.60 Å². The summed E-state index contributed by atoms with van der Waals surface area (Å²) >= 11 is 0. The maximum Gasteiger partial charge on any atom is 0.159 e. The van der Waals surface area contributed by atoms with Gasteiger partial charge in [-0.15, -0.1) is 0 Å². The van der Waals surface area contributed by atoms with Gasteiger partial charge in [0, 0.05) is 19.5 Å². The van der Waals surface area contributed by atoms with Gasteiger partial charge in [-0.2, -0.15) is 0 Å². The van der Waals surface area contributed by atoms with Crippen molar-refractivity contribution in [2.75, 3.05) is 13.7 Å². The number of ether oxygens (including phenoxy) is 1. The van der Waals surface area contributed by atoms with E-state index in [1.54, 1.807) is 7.11 Å². The Labute approximate surface area is 90.9 Å². The molecule has 15 heavy (non-hydrogen) atoms. The van der Waals surface area contributed by atoms with Crippen molar-refractivity contribution < 1.29 is 4.74 Å². The van der Waals surface area contributed by atoms with E-state index in [4.69, 9.17) is 10.5 Å². The number of hydrogen-bond donors (Lipinski definition) is 1. The summed E-state index contributed by atoms with van der Waals surface area (Å²) in [6.07, 6.45) is 5.31. The molecular weight excluding hydrogens is 190 g/mol. The van der Waals surface area contributed by atoms with Crippen molar-refractivity contribution in [2.45, 2.75) is 32.3 Å². The van der Waals surface area contributed by atoms with E-state index in [-0.39, 0.29) is 5.60 Å². The van der Waals surface area contributed by atoms with Crippen LogP contribution in [0, 0.1) is 0 Å². The third kappa shape index (κ3) is 2.73. The molecular formula is C11H19N3O. The lowest BCUT2D eigenvalue weighted by Gasteiger charge is -2.24. The molecule has 2 N–H and O–H groups in total. The predicted octanol–water partition coefficient (Wildman–Crippen LogP) is 1.25. The van der Waals surface area contributed by atoms with Crippen molar-refractivity contribution in [3.63, 3.8) is 0 Å². The van der Waals surface area contributed by atoms with E-state index in [2.05, 4.69) is 16.9 Å². The van der Waals surface area contributed by atoms with Gasteiger partial charge >= 0.3 is 0 Å². The van der Waals surface area contributed by atoms with Gasteiger partial charge in [-0.1, -0.05) is 6.92 Å². The van der Waals surface area contributed by atoms with Crippen molar-refractivity contribution in [3.8, 4) is 0 Å². The number of aromatic nitrogens is 2. The fourth-order valence-corrected chi connectivity index (χ4v) is 1.32. The smallest absolute Gasteiger partial charge is 0.159 e. The molecule has 84 valence electrons. The van der Waals surface area contributed by atoms with E-state index in [0.29, 0.717) is 6.54 Å². The summed E-state index contributed by atoms with van der Waals surface area (Å²) < 4.78 is 5.42. The lowest BCUT2D eigenvalue weighted by Crippen LogP contribution is -2.26. The fraction of sp³-hybridized carbons (Fsp3) is 0.636. The lowest BCUT2D eigenvalue weighted by atomic mass is 10.0. The zero-order valence-electron chi connectivity index (χ0n) is 9.66. The summed E-state index contributed by atoms with van der Waals surface area (Å²) in [6, 6.07) is 0. The zero-order chi connectivity index (χ0) is 11.3. The Kier molecular flexibility index (Phi) is 4.17. The second-order valence-corrected chi connectivity index (χ2v) is 3.74. The van der Waals surface area contributed by atoms with Crippen LogP contribution in [0.3, 0.4) is 0 Å². The molecule has 0 radical (unpaired) electrons. The van der Waals surface area contributed by atoms with Crippen LogP contribution in [-0.2, 0) is 16.8 Å². The van der Waals surface area contributed by atoms with Gasteiger partial charge in [0.15, 0.2) is 5.82 Å². The molecule has 0 aliphatic heterocycles. The number of rotatable bonds is 5. The van der Waals surface area contributed by atoms with Gasteiger partial charge < -0.3 is 10.5 Å². The maximum atomic E-state index is 5.46. The van der Waals surface area contributed by atoms with Gasteiger partial charge in [0.2, 0.25) is 0 Å². The van der Waals surface area contributed by atoms with Gasteiger partial charge in [0.25, 0.3) is 0 Å². The highest BCUT2D eigenvalue weighted by molar-refractivity contribution is 5.09. The van der Waals surface area contributed by atoms with Crippen molar-refractivity contribution in [3.05, 3.63) is 23.8 Å². The Morgan fingerprint density at radius 1 is 1.40 bits per heavy atom. The second-order valence-electron chi connectivity index (χ2n) is 3.74. The normalized spacial score (nSPS) is 14.9. The molecule has 1 rings (SSSR count). The van der Waals surface area contributed by atoms with Crippen molar-refractivity contribution in [1.29, 1.82) is 0 Å². The van der Waals surface area contributed by atoms with Gasteiger partial charge in [0.05, 0.1) is 0 Å². The minimum Gasteiger partial charge on any atom is -0.371 e.